The predicted molar refractivity (Wildman–Crippen MR) is 112 cm³/mol. The summed E-state index contributed by atoms with van der Waals surface area (Å²) in [5, 5.41) is 3.97. The maximum absolute atomic E-state index is 11.6. The van der Waals surface area contributed by atoms with Crippen LogP contribution in [0.5, 0.6) is 0 Å². The van der Waals surface area contributed by atoms with Crippen LogP contribution >= 0.6 is 0 Å². The molecule has 0 atom stereocenters. The first-order chi connectivity index (χ1) is 13.0. The molecule has 0 radical (unpaired) electrons. The van der Waals surface area contributed by atoms with Crippen molar-refractivity contribution in [1.29, 1.82) is 0 Å². The average Bonchev–Trinajstić information content (AvgIpc) is 2.68. The largest absolute Gasteiger partial charge is 0.373 e. The number of rotatable bonds is 6. The first-order valence-electron chi connectivity index (χ1n) is 10.1. The van der Waals surface area contributed by atoms with E-state index in [4.69, 9.17) is 4.98 Å². The molecule has 1 aliphatic heterocycles. The summed E-state index contributed by atoms with van der Waals surface area (Å²) in [6.45, 7) is 7.92. The molecule has 0 bridgehead atoms. The fraction of sp³-hybridized carbons (Fsp3) is 0.545. The number of likely N-dealkylation sites (N-methyl/N-ethyl adjacent to an activating group) is 1. The Hall–Kier alpha value is -2.14. The monoisotopic (exact) mass is 368 g/mol. The third kappa shape index (κ3) is 4.41. The third-order valence-corrected chi connectivity index (χ3v) is 5.79. The minimum atomic E-state index is 0.108. The van der Waals surface area contributed by atoms with Crippen molar-refractivity contribution in [3.63, 3.8) is 0 Å². The predicted octanol–water partition coefficient (Wildman–Crippen LogP) is 3.00. The van der Waals surface area contributed by atoms with Gasteiger partial charge in [-0.25, -0.2) is 0 Å². The number of pyridine rings is 1. The molecule has 3 rings (SSSR count). The van der Waals surface area contributed by atoms with Crippen molar-refractivity contribution in [2.24, 2.45) is 5.92 Å². The fourth-order valence-corrected chi connectivity index (χ4v) is 4.30. The molecule has 1 fully saturated rings. The normalized spacial score (nSPS) is 15.9. The van der Waals surface area contributed by atoms with Gasteiger partial charge in [-0.2, -0.15) is 0 Å². The van der Waals surface area contributed by atoms with Crippen LogP contribution in [0.15, 0.2) is 24.3 Å². The van der Waals surface area contributed by atoms with Gasteiger partial charge in [-0.3, -0.25) is 14.7 Å². The lowest BCUT2D eigenvalue weighted by molar-refractivity contribution is -0.122. The van der Waals surface area contributed by atoms with Crippen LogP contribution in [0.3, 0.4) is 0 Å². The second-order valence-electron chi connectivity index (χ2n) is 7.67. The lowest BCUT2D eigenvalue weighted by Gasteiger charge is -2.35. The number of para-hydroxylation sites is 1. The molecule has 1 aromatic heterocycles. The number of anilines is 1. The van der Waals surface area contributed by atoms with Crippen LogP contribution in [0.4, 0.5) is 5.69 Å². The second-order valence-corrected chi connectivity index (χ2v) is 7.67. The number of aryl methyl sites for hydroxylation is 1. The average molecular weight is 369 g/mol. The van der Waals surface area contributed by atoms with Gasteiger partial charge in [0.1, 0.15) is 0 Å². The van der Waals surface area contributed by atoms with E-state index in [1.807, 2.05) is 0 Å². The minimum absolute atomic E-state index is 0.108. The topological polar surface area (TPSA) is 48.5 Å². The molecular formula is C22H32N4O. The van der Waals surface area contributed by atoms with Crippen molar-refractivity contribution < 1.29 is 4.79 Å². The lowest BCUT2D eigenvalue weighted by atomic mass is 9.95. The zero-order valence-electron chi connectivity index (χ0n) is 17.1. The molecule has 1 aliphatic rings. The summed E-state index contributed by atoms with van der Waals surface area (Å²) in [7, 11) is 3.92. The van der Waals surface area contributed by atoms with Gasteiger partial charge in [0, 0.05) is 31.7 Å². The maximum Gasteiger partial charge on any atom is 0.233 e. The molecule has 1 saturated heterocycles. The van der Waals surface area contributed by atoms with Crippen molar-refractivity contribution in [2.45, 2.75) is 33.1 Å². The van der Waals surface area contributed by atoms with Gasteiger partial charge in [0.25, 0.3) is 0 Å². The molecule has 1 amide bonds. The number of nitrogens with zero attached hydrogens (tertiary/aromatic N) is 3. The standard InChI is InChI=1S/C22H32N4O/c1-5-18-16(2)24-20-9-7-6-8-19(20)22(18)25(4)14-17-10-12-26(13-11-17)15-21(27)23-3/h6-9,17H,5,10-15H2,1-4H3,(H,23,27). The molecule has 1 N–H and O–H groups in total. The van der Waals surface area contributed by atoms with Crippen LogP contribution < -0.4 is 10.2 Å². The molecular weight excluding hydrogens is 336 g/mol. The summed E-state index contributed by atoms with van der Waals surface area (Å²) >= 11 is 0. The van der Waals surface area contributed by atoms with E-state index in [1.54, 1.807) is 7.05 Å². The number of piperidine rings is 1. The number of hydrogen-bond acceptors (Lipinski definition) is 4. The summed E-state index contributed by atoms with van der Waals surface area (Å²) in [6.07, 6.45) is 3.28. The molecule has 2 aromatic rings. The van der Waals surface area contributed by atoms with Crippen LogP contribution in [-0.4, -0.2) is 56.1 Å². The van der Waals surface area contributed by atoms with E-state index in [0.29, 0.717) is 12.5 Å². The SMILES string of the molecule is CCc1c(C)nc2ccccc2c1N(C)CC1CCN(CC(=O)NC)CC1. The van der Waals surface area contributed by atoms with E-state index in [9.17, 15) is 4.79 Å². The number of carbonyl (C=O) groups excluding carboxylic acids is 1. The van der Waals surface area contributed by atoms with Gasteiger partial charge in [0.2, 0.25) is 5.91 Å². The van der Waals surface area contributed by atoms with Crippen molar-refractivity contribution in [3.8, 4) is 0 Å². The number of amides is 1. The summed E-state index contributed by atoms with van der Waals surface area (Å²) < 4.78 is 0. The van der Waals surface area contributed by atoms with E-state index in [-0.39, 0.29) is 5.91 Å². The van der Waals surface area contributed by atoms with Crippen LogP contribution in [0.1, 0.15) is 31.0 Å². The second kappa shape index (κ2) is 8.70. The van der Waals surface area contributed by atoms with E-state index < -0.39 is 0 Å². The number of hydrogen-bond donors (Lipinski definition) is 1. The van der Waals surface area contributed by atoms with Gasteiger partial charge >= 0.3 is 0 Å². The Bertz CT molecular complexity index is 796. The summed E-state index contributed by atoms with van der Waals surface area (Å²) in [5.41, 5.74) is 4.91. The first kappa shape index (κ1) is 19.6. The molecule has 1 aromatic carbocycles. The lowest BCUT2D eigenvalue weighted by Crippen LogP contribution is -2.42. The Balaban J connectivity index is 1.74. The van der Waals surface area contributed by atoms with Crippen molar-refractivity contribution >= 4 is 22.5 Å². The van der Waals surface area contributed by atoms with Gasteiger partial charge in [0.15, 0.2) is 0 Å². The minimum Gasteiger partial charge on any atom is -0.373 e. The molecule has 2 heterocycles. The van der Waals surface area contributed by atoms with Crippen molar-refractivity contribution in [3.05, 3.63) is 35.5 Å². The van der Waals surface area contributed by atoms with Crippen LogP contribution in [0, 0.1) is 12.8 Å². The number of fused-ring (bicyclic) bond motifs is 1. The van der Waals surface area contributed by atoms with E-state index in [2.05, 4.69) is 60.3 Å². The highest BCUT2D eigenvalue weighted by atomic mass is 16.1. The molecule has 5 heteroatoms. The zero-order valence-corrected chi connectivity index (χ0v) is 17.1. The van der Waals surface area contributed by atoms with Crippen molar-refractivity contribution in [2.75, 3.05) is 45.2 Å². The molecule has 5 nitrogen and oxygen atoms in total. The molecule has 27 heavy (non-hydrogen) atoms. The number of aromatic nitrogens is 1. The van der Waals surface area contributed by atoms with Gasteiger partial charge in [0.05, 0.1) is 17.7 Å². The third-order valence-electron chi connectivity index (χ3n) is 5.79. The Morgan fingerprint density at radius 2 is 2.00 bits per heavy atom. The Labute approximate surface area is 162 Å². The number of likely N-dealkylation sites (tertiary alicyclic amines) is 1. The molecule has 0 unspecified atom stereocenters. The summed E-state index contributed by atoms with van der Waals surface area (Å²) in [6, 6.07) is 8.47. The fourth-order valence-electron chi connectivity index (χ4n) is 4.30. The van der Waals surface area contributed by atoms with Gasteiger partial charge in [-0.05, 0) is 56.8 Å². The van der Waals surface area contributed by atoms with Crippen LogP contribution in [0.25, 0.3) is 10.9 Å². The van der Waals surface area contributed by atoms with Crippen LogP contribution in [0.2, 0.25) is 0 Å². The maximum atomic E-state index is 11.6. The number of nitrogens with one attached hydrogen (secondary N) is 1. The first-order valence-corrected chi connectivity index (χ1v) is 10.1. The van der Waals surface area contributed by atoms with Crippen molar-refractivity contribution in [1.82, 2.24) is 15.2 Å². The quantitative estimate of drug-likeness (QED) is 0.852. The zero-order chi connectivity index (χ0) is 19.4. The number of benzene rings is 1. The smallest absolute Gasteiger partial charge is 0.233 e. The summed E-state index contributed by atoms with van der Waals surface area (Å²) in [4.78, 5) is 21.1. The highest BCUT2D eigenvalue weighted by Gasteiger charge is 2.23. The number of carbonyl (C=O) groups is 1. The molecule has 0 aliphatic carbocycles. The highest BCUT2D eigenvalue weighted by Crippen LogP contribution is 2.32. The van der Waals surface area contributed by atoms with E-state index in [1.165, 1.54) is 16.6 Å². The molecule has 0 saturated carbocycles. The van der Waals surface area contributed by atoms with Crippen LogP contribution in [-0.2, 0) is 11.2 Å². The Kier molecular flexibility index (Phi) is 6.32. The Morgan fingerprint density at radius 1 is 1.30 bits per heavy atom. The van der Waals surface area contributed by atoms with Gasteiger partial charge in [-0.15, -0.1) is 0 Å². The van der Waals surface area contributed by atoms with E-state index >= 15 is 0 Å². The summed E-state index contributed by atoms with van der Waals surface area (Å²) in [5.74, 6) is 0.768. The Morgan fingerprint density at radius 3 is 2.67 bits per heavy atom. The van der Waals surface area contributed by atoms with E-state index in [0.717, 1.165) is 50.1 Å². The molecule has 0 spiro atoms. The highest BCUT2D eigenvalue weighted by molar-refractivity contribution is 5.93. The van der Waals surface area contributed by atoms with Gasteiger partial charge in [-0.1, -0.05) is 25.1 Å². The van der Waals surface area contributed by atoms with Gasteiger partial charge < -0.3 is 10.2 Å². The molecule has 146 valence electrons.